The SMILES string of the molecule is CC1(C)c2ccccc2-c2cc(-c3cccc4c3C3(c5ccccc5O4)c4ccccc4-c4ccccc43)ccc21. The number of rotatable bonds is 1. The van der Waals surface area contributed by atoms with Gasteiger partial charge in [-0.1, -0.05) is 129 Å². The summed E-state index contributed by atoms with van der Waals surface area (Å²) in [5.41, 5.74) is 15.0. The van der Waals surface area contributed by atoms with Crippen molar-refractivity contribution in [1.82, 2.24) is 0 Å². The van der Waals surface area contributed by atoms with E-state index in [1.807, 2.05) is 0 Å². The Balaban J connectivity index is 1.39. The highest BCUT2D eigenvalue weighted by Crippen LogP contribution is 2.63. The van der Waals surface area contributed by atoms with E-state index in [-0.39, 0.29) is 5.41 Å². The normalized spacial score (nSPS) is 15.7. The summed E-state index contributed by atoms with van der Waals surface area (Å²) in [7, 11) is 0. The Hall–Kier alpha value is -4.88. The van der Waals surface area contributed by atoms with Crippen molar-refractivity contribution in [1.29, 1.82) is 0 Å². The number of benzene rings is 6. The van der Waals surface area contributed by atoms with Crippen LogP contribution < -0.4 is 4.74 Å². The largest absolute Gasteiger partial charge is 0.457 e. The number of ether oxygens (including phenoxy) is 1. The summed E-state index contributed by atoms with van der Waals surface area (Å²) in [5, 5.41) is 0. The Bertz CT molecular complexity index is 2020. The van der Waals surface area contributed by atoms with Crippen LogP contribution in [-0.4, -0.2) is 0 Å². The highest BCUT2D eigenvalue weighted by molar-refractivity contribution is 5.93. The molecule has 1 spiro atoms. The Morgan fingerprint density at radius 3 is 1.63 bits per heavy atom. The molecule has 41 heavy (non-hydrogen) atoms. The van der Waals surface area contributed by atoms with Gasteiger partial charge in [-0.15, -0.1) is 0 Å². The maximum Gasteiger partial charge on any atom is 0.132 e. The van der Waals surface area contributed by atoms with Crippen LogP contribution >= 0.6 is 0 Å². The summed E-state index contributed by atoms with van der Waals surface area (Å²) in [4.78, 5) is 0. The number of hydrogen-bond acceptors (Lipinski definition) is 1. The molecule has 1 aliphatic heterocycles. The second kappa shape index (κ2) is 7.86. The quantitative estimate of drug-likeness (QED) is 0.208. The van der Waals surface area contributed by atoms with E-state index in [9.17, 15) is 0 Å². The van der Waals surface area contributed by atoms with Gasteiger partial charge < -0.3 is 4.74 Å². The lowest BCUT2D eigenvalue weighted by Crippen LogP contribution is -2.32. The molecule has 0 N–H and O–H groups in total. The molecule has 1 heterocycles. The molecule has 0 aromatic heterocycles. The average molecular weight is 525 g/mol. The zero-order chi connectivity index (χ0) is 27.3. The minimum Gasteiger partial charge on any atom is -0.457 e. The van der Waals surface area contributed by atoms with Gasteiger partial charge in [0.1, 0.15) is 11.5 Å². The maximum atomic E-state index is 6.74. The predicted octanol–water partition coefficient (Wildman–Crippen LogP) is 10.1. The van der Waals surface area contributed by atoms with Gasteiger partial charge in [0.05, 0.1) is 5.41 Å². The van der Waals surface area contributed by atoms with Gasteiger partial charge in [0.2, 0.25) is 0 Å². The molecule has 0 atom stereocenters. The van der Waals surface area contributed by atoms with Crippen molar-refractivity contribution in [2.75, 3.05) is 0 Å². The van der Waals surface area contributed by atoms with Gasteiger partial charge in [-0.2, -0.15) is 0 Å². The zero-order valence-corrected chi connectivity index (χ0v) is 23.1. The number of hydrogen-bond donors (Lipinski definition) is 0. The van der Waals surface area contributed by atoms with Crippen LogP contribution in [0.3, 0.4) is 0 Å². The van der Waals surface area contributed by atoms with E-state index in [4.69, 9.17) is 4.74 Å². The molecule has 2 aliphatic carbocycles. The van der Waals surface area contributed by atoms with Crippen LogP contribution in [0.15, 0.2) is 133 Å². The Labute approximate surface area is 240 Å². The Morgan fingerprint density at radius 2 is 0.927 bits per heavy atom. The van der Waals surface area contributed by atoms with Gasteiger partial charge >= 0.3 is 0 Å². The van der Waals surface area contributed by atoms with Crippen molar-refractivity contribution >= 4 is 0 Å². The van der Waals surface area contributed by atoms with Crippen molar-refractivity contribution in [3.05, 3.63) is 167 Å². The molecule has 1 heteroatoms. The first-order chi connectivity index (χ1) is 20.1. The van der Waals surface area contributed by atoms with Crippen molar-refractivity contribution in [3.8, 4) is 44.9 Å². The van der Waals surface area contributed by atoms with E-state index in [0.29, 0.717) is 0 Å². The second-order valence-corrected chi connectivity index (χ2v) is 12.0. The fourth-order valence-electron chi connectivity index (χ4n) is 8.04. The summed E-state index contributed by atoms with van der Waals surface area (Å²) in [6.07, 6.45) is 0. The molecule has 0 fully saturated rings. The van der Waals surface area contributed by atoms with Gasteiger partial charge in [-0.3, -0.25) is 0 Å². The molecule has 6 aromatic rings. The van der Waals surface area contributed by atoms with Crippen LogP contribution in [-0.2, 0) is 10.8 Å². The minimum atomic E-state index is -0.482. The minimum absolute atomic E-state index is 0.0207. The second-order valence-electron chi connectivity index (χ2n) is 12.0. The maximum absolute atomic E-state index is 6.74. The molecular weight excluding hydrogens is 496 g/mol. The molecule has 3 aliphatic rings. The third kappa shape index (κ3) is 2.76. The van der Waals surface area contributed by atoms with Crippen LogP contribution in [0.5, 0.6) is 11.5 Å². The molecule has 0 unspecified atom stereocenters. The van der Waals surface area contributed by atoms with E-state index in [2.05, 4.69) is 147 Å². The van der Waals surface area contributed by atoms with E-state index < -0.39 is 5.41 Å². The summed E-state index contributed by atoms with van der Waals surface area (Å²) in [5.74, 6) is 1.85. The van der Waals surface area contributed by atoms with Crippen molar-refractivity contribution in [3.63, 3.8) is 0 Å². The summed E-state index contributed by atoms with van der Waals surface area (Å²) < 4.78 is 6.74. The molecule has 0 saturated heterocycles. The molecule has 0 radical (unpaired) electrons. The van der Waals surface area contributed by atoms with E-state index in [0.717, 1.165) is 11.5 Å². The number of fused-ring (bicyclic) bond motifs is 12. The molecule has 194 valence electrons. The standard InChI is InChI=1S/C40H28O/c1-39(2)31-16-6-3-14-29(31)30-24-25(22-23-32(30)39)26-15-11-21-37-38(26)40(35-19-9-10-20-36(35)41-37)33-17-7-4-12-27(33)28-13-5-8-18-34(28)40/h3-24H,1-2H3. The van der Waals surface area contributed by atoms with E-state index in [1.54, 1.807) is 0 Å². The van der Waals surface area contributed by atoms with Crippen molar-refractivity contribution < 1.29 is 4.74 Å². The lowest BCUT2D eigenvalue weighted by atomic mass is 9.64. The first-order valence-electron chi connectivity index (χ1n) is 14.4. The summed E-state index contributed by atoms with van der Waals surface area (Å²) in [6.45, 7) is 4.68. The lowest BCUT2D eigenvalue weighted by Gasteiger charge is -2.40. The molecular formula is C40H28O. The van der Waals surface area contributed by atoms with Gasteiger partial charge in [0.25, 0.3) is 0 Å². The predicted molar refractivity (Wildman–Crippen MR) is 167 cm³/mol. The van der Waals surface area contributed by atoms with Crippen LogP contribution in [0.25, 0.3) is 33.4 Å². The summed E-state index contributed by atoms with van der Waals surface area (Å²) in [6, 6.07) is 49.0. The van der Waals surface area contributed by atoms with Gasteiger partial charge in [-0.05, 0) is 73.8 Å². The Morgan fingerprint density at radius 1 is 0.415 bits per heavy atom. The molecule has 9 rings (SSSR count). The lowest BCUT2D eigenvalue weighted by molar-refractivity contribution is 0.437. The highest BCUT2D eigenvalue weighted by atomic mass is 16.5. The monoisotopic (exact) mass is 524 g/mol. The third-order valence-electron chi connectivity index (χ3n) is 9.76. The Kier molecular flexibility index (Phi) is 4.39. The third-order valence-corrected chi connectivity index (χ3v) is 9.76. The fourth-order valence-corrected chi connectivity index (χ4v) is 8.04. The van der Waals surface area contributed by atoms with Gasteiger partial charge in [-0.25, -0.2) is 0 Å². The highest BCUT2D eigenvalue weighted by Gasteiger charge is 2.52. The van der Waals surface area contributed by atoms with Gasteiger partial charge in [0.15, 0.2) is 0 Å². The molecule has 0 bridgehead atoms. The van der Waals surface area contributed by atoms with Crippen LogP contribution in [0.4, 0.5) is 0 Å². The molecule has 0 amide bonds. The van der Waals surface area contributed by atoms with Crippen LogP contribution in [0.1, 0.15) is 47.2 Å². The summed E-state index contributed by atoms with van der Waals surface area (Å²) >= 11 is 0. The topological polar surface area (TPSA) is 9.23 Å². The van der Waals surface area contributed by atoms with Crippen molar-refractivity contribution in [2.45, 2.75) is 24.7 Å². The average Bonchev–Trinajstić information content (AvgIpc) is 3.44. The molecule has 1 nitrogen and oxygen atoms in total. The van der Waals surface area contributed by atoms with E-state index in [1.165, 1.54) is 66.8 Å². The smallest absolute Gasteiger partial charge is 0.132 e. The van der Waals surface area contributed by atoms with Crippen molar-refractivity contribution in [2.24, 2.45) is 0 Å². The first kappa shape index (κ1) is 22.9. The molecule has 0 saturated carbocycles. The zero-order valence-electron chi connectivity index (χ0n) is 23.1. The first-order valence-corrected chi connectivity index (χ1v) is 14.4. The van der Waals surface area contributed by atoms with E-state index >= 15 is 0 Å². The molecule has 6 aromatic carbocycles. The number of para-hydroxylation sites is 1. The van der Waals surface area contributed by atoms with Crippen LogP contribution in [0, 0.1) is 0 Å². The van der Waals surface area contributed by atoms with Crippen LogP contribution in [0.2, 0.25) is 0 Å². The van der Waals surface area contributed by atoms with Gasteiger partial charge in [0, 0.05) is 16.5 Å². The fraction of sp³-hybridized carbons (Fsp3) is 0.100.